The second kappa shape index (κ2) is 23.2. The Morgan fingerprint density at radius 1 is 0.181 bits per heavy atom. The van der Waals surface area contributed by atoms with Gasteiger partial charge in [0.2, 0.25) is 0 Å². The normalized spacial score (nSPS) is 12.0. The van der Waals surface area contributed by atoms with Gasteiger partial charge in [0.25, 0.3) is 0 Å². The summed E-state index contributed by atoms with van der Waals surface area (Å²) < 4.78 is 7.29. The first-order chi connectivity index (χ1) is 52.1. The van der Waals surface area contributed by atoms with Gasteiger partial charge in [0.05, 0.1) is 55.9 Å². The van der Waals surface area contributed by atoms with Gasteiger partial charge in [-0.25, -0.2) is 0 Å². The second-order valence-corrected chi connectivity index (χ2v) is 27.7. The molecule has 0 aliphatic heterocycles. The molecule has 0 atom stereocenters. The van der Waals surface area contributed by atoms with Crippen LogP contribution in [0.2, 0.25) is 0 Å². The van der Waals surface area contributed by atoms with Gasteiger partial charge in [-0.15, -0.1) is 0 Å². The van der Waals surface area contributed by atoms with E-state index in [1.165, 1.54) is 202 Å². The molecule has 6 aromatic heterocycles. The molecule has 0 aliphatic rings. The number of benzene rings is 18. The Kier molecular flexibility index (Phi) is 13.0. The zero-order valence-electron chi connectivity index (χ0n) is 56.8. The summed E-state index contributed by atoms with van der Waals surface area (Å²) in [6.45, 7) is 0. The number of nitrogens with zero attached hydrogens (tertiary/aromatic N) is 6. The van der Waals surface area contributed by atoms with Gasteiger partial charge < -0.3 is 13.7 Å². The van der Waals surface area contributed by atoms with Gasteiger partial charge in [0, 0.05) is 90.6 Å². The Labute approximate surface area is 602 Å². The molecule has 6 heteroatoms. The molecule has 0 saturated carbocycles. The molecular weight excluding hydrogens is 1270 g/mol. The highest BCUT2D eigenvalue weighted by Gasteiger charge is 2.23. The van der Waals surface area contributed by atoms with Gasteiger partial charge >= 0.3 is 0 Å². The van der Waals surface area contributed by atoms with Gasteiger partial charge in [0.15, 0.2) is 0 Å². The van der Waals surface area contributed by atoms with Crippen molar-refractivity contribution in [2.75, 3.05) is 0 Å². The van der Waals surface area contributed by atoms with Crippen LogP contribution >= 0.6 is 0 Å². The van der Waals surface area contributed by atoms with Crippen molar-refractivity contribution in [1.82, 2.24) is 28.7 Å². The lowest BCUT2D eigenvalue weighted by Gasteiger charge is -2.17. The van der Waals surface area contributed by atoms with Gasteiger partial charge in [-0.1, -0.05) is 249 Å². The van der Waals surface area contributed by atoms with Crippen molar-refractivity contribution in [3.05, 3.63) is 365 Å². The minimum Gasteiger partial charge on any atom is -0.309 e. The van der Waals surface area contributed by atoms with Crippen LogP contribution in [-0.4, -0.2) is 28.7 Å². The molecule has 24 rings (SSSR count). The number of hydrogen-bond acceptors (Lipinski definition) is 3. The first-order valence-electron chi connectivity index (χ1n) is 35.9. The third kappa shape index (κ3) is 8.87. The van der Waals surface area contributed by atoms with Crippen molar-refractivity contribution in [1.29, 1.82) is 0 Å². The fourth-order valence-corrected chi connectivity index (χ4v) is 17.8. The van der Waals surface area contributed by atoms with Crippen molar-refractivity contribution in [2.45, 2.75) is 0 Å². The molecule has 105 heavy (non-hydrogen) atoms. The van der Waals surface area contributed by atoms with Crippen LogP contribution in [0.15, 0.2) is 365 Å². The van der Waals surface area contributed by atoms with Gasteiger partial charge in [-0.2, -0.15) is 0 Å². The van der Waals surface area contributed by atoms with Gasteiger partial charge in [0.1, 0.15) is 0 Å². The molecule has 0 bridgehead atoms. The minimum absolute atomic E-state index is 1.01. The molecule has 0 spiro atoms. The highest BCUT2D eigenvalue weighted by atomic mass is 15.0. The number of rotatable bonds is 6. The molecule has 0 aliphatic carbocycles. The van der Waals surface area contributed by atoms with E-state index >= 15 is 0 Å². The Balaban J connectivity index is 0.0000000986. The van der Waals surface area contributed by atoms with Crippen LogP contribution in [0.4, 0.5) is 0 Å². The zero-order chi connectivity index (χ0) is 68.8. The molecule has 0 unspecified atom stereocenters. The van der Waals surface area contributed by atoms with Crippen molar-refractivity contribution in [3.8, 4) is 50.6 Å². The molecule has 0 N–H and O–H groups in total. The van der Waals surface area contributed by atoms with E-state index in [4.69, 9.17) is 0 Å². The number of para-hydroxylation sites is 6. The highest BCUT2D eigenvalue weighted by molar-refractivity contribution is 6.30. The van der Waals surface area contributed by atoms with Crippen molar-refractivity contribution < 1.29 is 0 Å². The molecule has 0 radical (unpaired) electrons. The third-order valence-corrected chi connectivity index (χ3v) is 22.3. The summed E-state index contributed by atoms with van der Waals surface area (Å²) in [7, 11) is 0. The summed E-state index contributed by atoms with van der Waals surface area (Å²) in [6, 6.07) is 121. The Hall–Kier alpha value is -14.1. The lowest BCUT2D eigenvalue weighted by atomic mass is 9.89. The summed E-state index contributed by atoms with van der Waals surface area (Å²) in [5, 5.41) is 30.9. The average molecular weight is 1330 g/mol. The molecule has 486 valence electrons. The lowest BCUT2D eigenvalue weighted by Crippen LogP contribution is -1.96. The maximum absolute atomic E-state index is 4.65. The molecule has 6 nitrogen and oxygen atoms in total. The van der Waals surface area contributed by atoms with Crippen LogP contribution in [0.5, 0.6) is 0 Å². The Morgan fingerprint density at radius 2 is 0.486 bits per heavy atom. The number of pyridine rings is 3. The number of hydrogen-bond donors (Lipinski definition) is 0. The van der Waals surface area contributed by atoms with Gasteiger partial charge in [-0.05, 0) is 182 Å². The van der Waals surface area contributed by atoms with E-state index in [2.05, 4.69) is 350 Å². The predicted molar refractivity (Wildman–Crippen MR) is 443 cm³/mol. The first kappa shape index (κ1) is 58.7. The van der Waals surface area contributed by atoms with Crippen molar-refractivity contribution in [3.63, 3.8) is 0 Å². The molecule has 0 amide bonds. The Bertz CT molecular complexity index is 6700. The van der Waals surface area contributed by atoms with E-state index in [9.17, 15) is 0 Å². The molecular formula is C99H60N6. The summed E-state index contributed by atoms with van der Waals surface area (Å²) in [5.41, 5.74) is 18.1. The van der Waals surface area contributed by atoms with Crippen LogP contribution in [0.3, 0.4) is 0 Å². The molecule has 18 aromatic carbocycles. The lowest BCUT2D eigenvalue weighted by molar-refractivity contribution is 1.20. The fraction of sp³-hybridized carbons (Fsp3) is 0. The SMILES string of the molecule is c1ccc(-c2ccc3ccc4c(-n5c6ccccc6c6ccccc65)ccc5ccc2c3c54)nc1.c1ccc2c(c1)c1ccccc1n2-c1ccc2ccc3c(-c4ccncc4)ccc4ccc1c2c43.c1cncc(-c2ccc3ccc4c(-n5c6ccccc6c6ccccc65)ccc5ccc2c3c54)c1. The minimum atomic E-state index is 1.01. The van der Waals surface area contributed by atoms with Crippen LogP contribution in [0.25, 0.3) is 213 Å². The fourth-order valence-electron chi connectivity index (χ4n) is 17.8. The number of fused-ring (bicyclic) bond motifs is 9. The van der Waals surface area contributed by atoms with Gasteiger partial charge in [-0.3, -0.25) is 15.0 Å². The van der Waals surface area contributed by atoms with E-state index in [0.29, 0.717) is 0 Å². The monoisotopic (exact) mass is 1330 g/mol. The number of aromatic nitrogens is 6. The summed E-state index contributed by atoms with van der Waals surface area (Å²) in [5.74, 6) is 0. The van der Waals surface area contributed by atoms with Crippen LogP contribution in [0.1, 0.15) is 0 Å². The second-order valence-electron chi connectivity index (χ2n) is 27.7. The summed E-state index contributed by atoms with van der Waals surface area (Å²) in [6.07, 6.45) is 9.39. The maximum Gasteiger partial charge on any atom is 0.0708 e. The quantitative estimate of drug-likeness (QED) is 0.156. The average Bonchev–Trinajstić information content (AvgIpc) is 1.66. The molecule has 24 aromatic rings. The zero-order valence-corrected chi connectivity index (χ0v) is 56.8. The molecule has 0 saturated heterocycles. The first-order valence-corrected chi connectivity index (χ1v) is 35.9. The van der Waals surface area contributed by atoms with Crippen molar-refractivity contribution >= 4 is 162 Å². The highest BCUT2D eigenvalue weighted by Crippen LogP contribution is 2.47. The smallest absolute Gasteiger partial charge is 0.0708 e. The van der Waals surface area contributed by atoms with E-state index in [1.807, 2.05) is 43.1 Å². The van der Waals surface area contributed by atoms with Crippen LogP contribution < -0.4 is 0 Å². The molecule has 6 heterocycles. The van der Waals surface area contributed by atoms with Crippen LogP contribution in [-0.2, 0) is 0 Å². The topological polar surface area (TPSA) is 53.5 Å². The van der Waals surface area contributed by atoms with E-state index in [0.717, 1.165) is 11.3 Å². The standard InChI is InChI=1S/3C33H20N2/c1-3-10-29-24(7-1)25-8-2-4-11-30(25)35(29)31-19-15-22-13-17-26-23(28-9-5-6-20-34-28)16-12-21-14-18-27(31)33(22)32(21)26;1-3-9-29-25(7-1)26-8-2-4-10-30(26)35(29)31-18-14-22-12-16-27-24(23-6-5-19-34-20-23)15-11-21-13-17-28(31)33(22)32(21)27;1-3-7-29-25(5-1)26-6-2-4-8-30(26)35(29)31-16-12-23-10-14-27-24(21-17-19-34-20-18-21)13-9-22-11-15-28(31)33(23)32(22)27/h3*1-20H. The predicted octanol–water partition coefficient (Wildman–Crippen LogP) is 26.2. The Morgan fingerprint density at radius 3 is 0.838 bits per heavy atom. The summed E-state index contributed by atoms with van der Waals surface area (Å²) in [4.78, 5) is 13.2. The maximum atomic E-state index is 4.65. The summed E-state index contributed by atoms with van der Waals surface area (Å²) >= 11 is 0. The third-order valence-electron chi connectivity index (χ3n) is 22.3. The van der Waals surface area contributed by atoms with E-state index in [-0.39, 0.29) is 0 Å². The largest absolute Gasteiger partial charge is 0.309 e. The van der Waals surface area contributed by atoms with Crippen LogP contribution in [0, 0.1) is 0 Å². The van der Waals surface area contributed by atoms with Crippen molar-refractivity contribution in [2.24, 2.45) is 0 Å². The van der Waals surface area contributed by atoms with E-state index < -0.39 is 0 Å². The van der Waals surface area contributed by atoms with E-state index in [1.54, 1.807) is 0 Å². The molecule has 0 fully saturated rings.